The molecule has 1 aromatic carbocycles. The molecule has 2 atom stereocenters. The molecule has 11 heteroatoms. The van der Waals surface area contributed by atoms with Gasteiger partial charge < -0.3 is 21.5 Å². The number of nitrogens with two attached hydrogens (primary N) is 2. The van der Waals surface area contributed by atoms with Crippen molar-refractivity contribution in [3.63, 3.8) is 0 Å². The summed E-state index contributed by atoms with van der Waals surface area (Å²) in [6.07, 6.45) is 0.469. The maximum Gasteiger partial charge on any atom is 0.328 e. The standard InChI is InChI=1S/C19H31N5O5S/c1-12(2)16(18(26)29-4)23-17(25)15(6-5-11-22-19(20)21)24-30(27,28)14-9-7-13(3)8-10-14/h7-10,12,15-16,24H,5-6,11H2,1-4H3,(H,23,25)(H4,20,21,22)/t15-,16?/m1/s1. The molecule has 1 rings (SSSR count). The second-order valence-electron chi connectivity index (χ2n) is 7.19. The minimum absolute atomic E-state index is 0.0310. The molecule has 0 saturated heterocycles. The third-order valence-electron chi connectivity index (χ3n) is 4.31. The fraction of sp³-hybridized carbons (Fsp3) is 0.526. The number of hydrogen-bond donors (Lipinski definition) is 4. The summed E-state index contributed by atoms with van der Waals surface area (Å²) in [7, 11) is -2.75. The molecule has 0 spiro atoms. The van der Waals surface area contributed by atoms with E-state index in [1.165, 1.54) is 19.2 Å². The molecule has 0 heterocycles. The van der Waals surface area contributed by atoms with Gasteiger partial charge in [0.15, 0.2) is 5.96 Å². The van der Waals surface area contributed by atoms with E-state index >= 15 is 0 Å². The average Bonchev–Trinajstić information content (AvgIpc) is 2.67. The van der Waals surface area contributed by atoms with E-state index < -0.39 is 34.0 Å². The Hall–Kier alpha value is -2.66. The van der Waals surface area contributed by atoms with Crippen LogP contribution < -0.4 is 21.5 Å². The third kappa shape index (κ3) is 7.99. The molecule has 0 aliphatic rings. The number of carbonyl (C=O) groups is 2. The number of nitrogens with one attached hydrogen (secondary N) is 2. The van der Waals surface area contributed by atoms with Crippen molar-refractivity contribution >= 4 is 27.9 Å². The summed E-state index contributed by atoms with van der Waals surface area (Å²) in [6, 6.07) is 4.19. The van der Waals surface area contributed by atoms with Crippen LogP contribution >= 0.6 is 0 Å². The highest BCUT2D eigenvalue weighted by Gasteiger charge is 2.31. The number of esters is 1. The minimum Gasteiger partial charge on any atom is -0.467 e. The number of aryl methyl sites for hydroxylation is 1. The summed E-state index contributed by atoms with van der Waals surface area (Å²) in [6.45, 7) is 5.55. The molecule has 6 N–H and O–H groups in total. The van der Waals surface area contributed by atoms with Crippen molar-refractivity contribution in [2.75, 3.05) is 13.7 Å². The summed E-state index contributed by atoms with van der Waals surface area (Å²) in [5, 5.41) is 2.57. The molecule has 0 aliphatic carbocycles. The monoisotopic (exact) mass is 441 g/mol. The Bertz CT molecular complexity index is 849. The fourth-order valence-corrected chi connectivity index (χ4v) is 3.83. The van der Waals surface area contributed by atoms with Crippen molar-refractivity contribution in [1.82, 2.24) is 10.0 Å². The van der Waals surface area contributed by atoms with Crippen LogP contribution in [0.25, 0.3) is 0 Å². The zero-order chi connectivity index (χ0) is 22.9. The Morgan fingerprint density at radius 1 is 1.17 bits per heavy atom. The number of benzene rings is 1. The summed E-state index contributed by atoms with van der Waals surface area (Å²) < 4.78 is 32.7. The van der Waals surface area contributed by atoms with Gasteiger partial charge in [0.05, 0.1) is 12.0 Å². The van der Waals surface area contributed by atoms with Gasteiger partial charge in [-0.1, -0.05) is 31.5 Å². The lowest BCUT2D eigenvalue weighted by molar-refractivity contribution is -0.146. The molecular weight excluding hydrogens is 410 g/mol. The molecule has 1 aromatic rings. The Kier molecular flexibility index (Phi) is 9.73. The quantitative estimate of drug-likeness (QED) is 0.162. The van der Waals surface area contributed by atoms with Crippen LogP contribution in [0.5, 0.6) is 0 Å². The first-order valence-corrected chi connectivity index (χ1v) is 11.0. The maximum absolute atomic E-state index is 12.8. The summed E-state index contributed by atoms with van der Waals surface area (Å²) in [5.74, 6) is -1.60. The fourth-order valence-electron chi connectivity index (χ4n) is 2.60. The molecule has 168 valence electrons. The van der Waals surface area contributed by atoms with Gasteiger partial charge in [0.1, 0.15) is 12.1 Å². The van der Waals surface area contributed by atoms with Gasteiger partial charge >= 0.3 is 5.97 Å². The first-order valence-electron chi connectivity index (χ1n) is 9.50. The van der Waals surface area contributed by atoms with Crippen molar-refractivity contribution < 1.29 is 22.7 Å². The Morgan fingerprint density at radius 3 is 2.27 bits per heavy atom. The Balaban J connectivity index is 3.05. The van der Waals surface area contributed by atoms with E-state index in [9.17, 15) is 18.0 Å². The number of aliphatic imine (C=N–C) groups is 1. The van der Waals surface area contributed by atoms with Crippen LogP contribution in [0.15, 0.2) is 34.2 Å². The molecule has 10 nitrogen and oxygen atoms in total. The molecule has 0 bridgehead atoms. The van der Waals surface area contributed by atoms with Gasteiger partial charge in [-0.05, 0) is 37.8 Å². The predicted molar refractivity (Wildman–Crippen MR) is 114 cm³/mol. The predicted octanol–water partition coefficient (Wildman–Crippen LogP) is 0.00932. The van der Waals surface area contributed by atoms with Crippen LogP contribution in [0.3, 0.4) is 0 Å². The number of carbonyl (C=O) groups excluding carboxylic acids is 2. The lowest BCUT2D eigenvalue weighted by Gasteiger charge is -2.24. The number of amides is 1. The molecule has 0 aromatic heterocycles. The van der Waals surface area contributed by atoms with E-state index in [4.69, 9.17) is 16.2 Å². The molecule has 1 amide bonds. The van der Waals surface area contributed by atoms with Crippen LogP contribution in [0, 0.1) is 12.8 Å². The normalized spacial score (nSPS) is 13.4. The van der Waals surface area contributed by atoms with Crippen molar-refractivity contribution in [2.24, 2.45) is 22.4 Å². The topological polar surface area (TPSA) is 166 Å². The molecule has 0 aliphatic heterocycles. The maximum atomic E-state index is 12.8. The Morgan fingerprint density at radius 2 is 1.77 bits per heavy atom. The first-order chi connectivity index (χ1) is 14.0. The van der Waals surface area contributed by atoms with Crippen molar-refractivity contribution in [1.29, 1.82) is 0 Å². The van der Waals surface area contributed by atoms with Gasteiger partial charge in [0.25, 0.3) is 0 Å². The van der Waals surface area contributed by atoms with Gasteiger partial charge in [0, 0.05) is 6.54 Å². The second kappa shape index (κ2) is 11.5. The average molecular weight is 442 g/mol. The van der Waals surface area contributed by atoms with E-state index in [-0.39, 0.29) is 29.7 Å². The molecule has 30 heavy (non-hydrogen) atoms. The number of guanidine groups is 1. The molecule has 0 fully saturated rings. The summed E-state index contributed by atoms with van der Waals surface area (Å²) in [5.41, 5.74) is 11.5. The van der Waals surface area contributed by atoms with Crippen molar-refractivity contribution in [2.45, 2.75) is 50.6 Å². The van der Waals surface area contributed by atoms with Crippen molar-refractivity contribution in [3.05, 3.63) is 29.8 Å². The van der Waals surface area contributed by atoms with Gasteiger partial charge in [-0.2, -0.15) is 4.72 Å². The summed E-state index contributed by atoms with van der Waals surface area (Å²) >= 11 is 0. The smallest absolute Gasteiger partial charge is 0.328 e. The lowest BCUT2D eigenvalue weighted by atomic mass is 10.0. The highest BCUT2D eigenvalue weighted by Crippen LogP contribution is 2.13. The van der Waals surface area contributed by atoms with Gasteiger partial charge in [-0.15, -0.1) is 0 Å². The van der Waals surface area contributed by atoms with E-state index in [1.807, 2.05) is 6.92 Å². The van der Waals surface area contributed by atoms with Crippen LogP contribution in [-0.2, 0) is 24.3 Å². The Labute approximate surface area is 177 Å². The number of hydrogen-bond acceptors (Lipinski definition) is 6. The van der Waals surface area contributed by atoms with E-state index in [0.717, 1.165) is 5.56 Å². The molecule has 1 unspecified atom stereocenters. The lowest BCUT2D eigenvalue weighted by Crippen LogP contribution is -2.53. The van der Waals surface area contributed by atoms with E-state index in [1.54, 1.807) is 26.0 Å². The second-order valence-corrected chi connectivity index (χ2v) is 8.90. The molecule has 0 radical (unpaired) electrons. The van der Waals surface area contributed by atoms with Crippen LogP contribution in [0.2, 0.25) is 0 Å². The van der Waals surface area contributed by atoms with Gasteiger partial charge in [-0.3, -0.25) is 9.79 Å². The highest BCUT2D eigenvalue weighted by atomic mass is 32.2. The van der Waals surface area contributed by atoms with Gasteiger partial charge in [-0.25, -0.2) is 13.2 Å². The van der Waals surface area contributed by atoms with Crippen LogP contribution in [0.1, 0.15) is 32.3 Å². The number of rotatable bonds is 11. The van der Waals surface area contributed by atoms with Crippen LogP contribution in [-0.4, -0.2) is 52.0 Å². The van der Waals surface area contributed by atoms with E-state index in [2.05, 4.69) is 15.0 Å². The minimum atomic E-state index is -3.97. The summed E-state index contributed by atoms with van der Waals surface area (Å²) in [4.78, 5) is 28.7. The number of methoxy groups -OCH3 is 1. The first kappa shape index (κ1) is 25.4. The molecular formula is C19H31N5O5S. The third-order valence-corrected chi connectivity index (χ3v) is 5.80. The van der Waals surface area contributed by atoms with Crippen molar-refractivity contribution in [3.8, 4) is 0 Å². The number of nitrogens with zero attached hydrogens (tertiary/aromatic N) is 1. The van der Waals surface area contributed by atoms with Gasteiger partial charge in [0.2, 0.25) is 15.9 Å². The SMILES string of the molecule is COC(=O)C(NC(=O)[C@@H](CCCN=C(N)N)NS(=O)(=O)c1ccc(C)cc1)C(C)C. The number of ether oxygens (including phenoxy) is 1. The molecule has 0 saturated carbocycles. The van der Waals surface area contributed by atoms with Crippen LogP contribution in [0.4, 0.5) is 0 Å². The highest BCUT2D eigenvalue weighted by molar-refractivity contribution is 7.89. The number of sulfonamides is 1. The zero-order valence-electron chi connectivity index (χ0n) is 17.7. The van der Waals surface area contributed by atoms with E-state index in [0.29, 0.717) is 6.42 Å². The zero-order valence-corrected chi connectivity index (χ0v) is 18.5. The largest absolute Gasteiger partial charge is 0.467 e.